The van der Waals surface area contributed by atoms with Gasteiger partial charge in [0, 0.05) is 67.8 Å². The topological polar surface area (TPSA) is 70.7 Å². The molecule has 2 heterocycles. The number of likely N-dealkylation sites (tertiary alicyclic amines) is 1. The molecule has 2 amide bonds. The molecule has 0 bridgehead atoms. The predicted octanol–water partition coefficient (Wildman–Crippen LogP) is 6.22. The minimum absolute atomic E-state index is 0.0619. The van der Waals surface area contributed by atoms with Gasteiger partial charge in [0.2, 0.25) is 11.8 Å². The molecule has 1 spiro atoms. The number of amides is 2. The molecule has 10 heteroatoms. The number of anilines is 1. The summed E-state index contributed by atoms with van der Waals surface area (Å²) in [4.78, 5) is 26.9. The second kappa shape index (κ2) is 13.5. The van der Waals surface area contributed by atoms with E-state index in [0.717, 1.165) is 18.9 Å². The SMILES string of the molecule is CC(=O)N1CCC2(CC1)CNC[C@@H](CCc1c(F)cccc1NC(=O)C[C@@H](c1ccc(Cl)cc1)c1cc(F)cc(F)c1)O2. The molecule has 3 aromatic rings. The van der Waals surface area contributed by atoms with Gasteiger partial charge in [0.1, 0.15) is 17.5 Å². The minimum Gasteiger partial charge on any atom is -0.369 e. The van der Waals surface area contributed by atoms with Gasteiger partial charge in [-0.1, -0.05) is 29.8 Å². The summed E-state index contributed by atoms with van der Waals surface area (Å²) in [6.45, 7) is 4.20. The van der Waals surface area contributed by atoms with E-state index in [1.165, 1.54) is 24.3 Å². The Morgan fingerprint density at radius 2 is 1.74 bits per heavy atom. The maximum atomic E-state index is 15.1. The number of benzene rings is 3. The van der Waals surface area contributed by atoms with E-state index < -0.39 is 29.3 Å². The van der Waals surface area contributed by atoms with Crippen molar-refractivity contribution < 1.29 is 27.5 Å². The largest absolute Gasteiger partial charge is 0.369 e. The number of carbonyl (C=O) groups excluding carboxylic acids is 2. The van der Waals surface area contributed by atoms with Gasteiger partial charge < -0.3 is 20.3 Å². The Balaban J connectivity index is 1.27. The van der Waals surface area contributed by atoms with Crippen LogP contribution < -0.4 is 10.6 Å². The van der Waals surface area contributed by atoms with Gasteiger partial charge in [-0.25, -0.2) is 13.2 Å². The molecule has 2 aliphatic rings. The smallest absolute Gasteiger partial charge is 0.225 e. The molecule has 0 saturated carbocycles. The molecule has 3 aromatic carbocycles. The minimum atomic E-state index is -0.743. The Hall–Kier alpha value is -3.40. The molecule has 0 unspecified atom stereocenters. The van der Waals surface area contributed by atoms with Gasteiger partial charge in [-0.05, 0) is 73.2 Å². The van der Waals surface area contributed by atoms with Crippen LogP contribution in [-0.4, -0.2) is 54.6 Å². The number of hydrogen-bond donors (Lipinski definition) is 2. The lowest BCUT2D eigenvalue weighted by molar-refractivity contribution is -0.153. The van der Waals surface area contributed by atoms with Crippen LogP contribution in [0.2, 0.25) is 5.02 Å². The van der Waals surface area contributed by atoms with Crippen LogP contribution in [0.25, 0.3) is 0 Å². The molecule has 6 nitrogen and oxygen atoms in total. The lowest BCUT2D eigenvalue weighted by Gasteiger charge is -2.46. The average molecular weight is 614 g/mol. The number of hydrogen-bond acceptors (Lipinski definition) is 4. The molecule has 228 valence electrons. The van der Waals surface area contributed by atoms with Crippen LogP contribution >= 0.6 is 11.6 Å². The highest BCUT2D eigenvalue weighted by atomic mass is 35.5. The van der Waals surface area contributed by atoms with Crippen LogP contribution in [0.1, 0.15) is 55.2 Å². The summed E-state index contributed by atoms with van der Waals surface area (Å²) in [7, 11) is 0. The monoisotopic (exact) mass is 613 g/mol. The van der Waals surface area contributed by atoms with Gasteiger partial charge in [-0.2, -0.15) is 0 Å². The van der Waals surface area contributed by atoms with Crippen molar-refractivity contribution in [3.63, 3.8) is 0 Å². The van der Waals surface area contributed by atoms with E-state index in [2.05, 4.69) is 10.6 Å². The molecule has 0 radical (unpaired) electrons. The lowest BCUT2D eigenvalue weighted by atomic mass is 9.88. The van der Waals surface area contributed by atoms with Gasteiger partial charge in [0.15, 0.2) is 0 Å². The van der Waals surface area contributed by atoms with E-state index in [9.17, 15) is 18.4 Å². The first-order valence-corrected chi connectivity index (χ1v) is 14.9. The van der Waals surface area contributed by atoms with E-state index >= 15 is 4.39 Å². The van der Waals surface area contributed by atoms with Crippen LogP contribution in [0.4, 0.5) is 18.9 Å². The van der Waals surface area contributed by atoms with Crippen molar-refractivity contribution in [1.29, 1.82) is 0 Å². The zero-order valence-electron chi connectivity index (χ0n) is 24.0. The van der Waals surface area contributed by atoms with Gasteiger partial charge in [-0.3, -0.25) is 9.59 Å². The van der Waals surface area contributed by atoms with Crippen molar-refractivity contribution in [2.24, 2.45) is 0 Å². The first kappa shape index (κ1) is 31.0. The molecule has 43 heavy (non-hydrogen) atoms. The van der Waals surface area contributed by atoms with Crippen LogP contribution in [0.15, 0.2) is 60.7 Å². The van der Waals surface area contributed by atoms with E-state index in [-0.39, 0.29) is 24.0 Å². The third-order valence-electron chi connectivity index (χ3n) is 8.41. The van der Waals surface area contributed by atoms with Crippen LogP contribution in [0.3, 0.4) is 0 Å². The number of nitrogens with zero attached hydrogens (tertiary/aromatic N) is 1. The quantitative estimate of drug-likeness (QED) is 0.317. The lowest BCUT2D eigenvalue weighted by Crippen LogP contribution is -2.58. The van der Waals surface area contributed by atoms with Crippen molar-refractivity contribution >= 4 is 29.1 Å². The number of piperidine rings is 1. The summed E-state index contributed by atoms with van der Waals surface area (Å²) in [5.41, 5.74) is 1.33. The highest BCUT2D eigenvalue weighted by molar-refractivity contribution is 6.30. The first-order valence-electron chi connectivity index (χ1n) is 14.5. The van der Waals surface area contributed by atoms with Gasteiger partial charge in [0.25, 0.3) is 0 Å². The fourth-order valence-electron chi connectivity index (χ4n) is 6.10. The molecular weight excluding hydrogens is 579 g/mol. The number of ether oxygens (including phenoxy) is 1. The summed E-state index contributed by atoms with van der Waals surface area (Å²) in [5.74, 6) is -2.95. The molecule has 0 aliphatic carbocycles. The molecule has 2 N–H and O–H groups in total. The average Bonchev–Trinajstić information content (AvgIpc) is 2.96. The molecule has 2 atom stereocenters. The summed E-state index contributed by atoms with van der Waals surface area (Å²) < 4.78 is 49.9. The van der Waals surface area contributed by atoms with E-state index in [4.69, 9.17) is 16.3 Å². The van der Waals surface area contributed by atoms with E-state index in [0.29, 0.717) is 66.4 Å². The fourth-order valence-corrected chi connectivity index (χ4v) is 6.23. The van der Waals surface area contributed by atoms with Crippen LogP contribution in [-0.2, 0) is 20.7 Å². The summed E-state index contributed by atoms with van der Waals surface area (Å²) in [6, 6.07) is 14.5. The fraction of sp³-hybridized carbons (Fsp3) is 0.394. The highest BCUT2D eigenvalue weighted by Gasteiger charge is 2.40. The van der Waals surface area contributed by atoms with Crippen molar-refractivity contribution in [3.8, 4) is 0 Å². The maximum absolute atomic E-state index is 15.1. The van der Waals surface area contributed by atoms with Crippen molar-refractivity contribution in [1.82, 2.24) is 10.2 Å². The Morgan fingerprint density at radius 3 is 2.42 bits per heavy atom. The molecule has 0 aromatic heterocycles. The molecular formula is C33H35ClF3N3O3. The molecule has 2 saturated heterocycles. The number of carbonyl (C=O) groups is 2. The molecule has 2 aliphatic heterocycles. The highest BCUT2D eigenvalue weighted by Crippen LogP contribution is 2.33. The number of nitrogens with one attached hydrogen (secondary N) is 2. The molecule has 2 fully saturated rings. The summed E-state index contributed by atoms with van der Waals surface area (Å²) in [5, 5.41) is 6.78. The Kier molecular flexibility index (Phi) is 9.74. The van der Waals surface area contributed by atoms with Gasteiger partial charge in [0.05, 0.1) is 11.7 Å². The second-order valence-corrected chi connectivity index (χ2v) is 11.9. The number of morpholine rings is 1. The van der Waals surface area contributed by atoms with Crippen LogP contribution in [0.5, 0.6) is 0 Å². The zero-order valence-corrected chi connectivity index (χ0v) is 24.7. The first-order chi connectivity index (χ1) is 20.6. The summed E-state index contributed by atoms with van der Waals surface area (Å²) >= 11 is 6.04. The van der Waals surface area contributed by atoms with Crippen LogP contribution in [0, 0.1) is 17.5 Å². The molecule has 5 rings (SSSR count). The van der Waals surface area contributed by atoms with E-state index in [1.54, 1.807) is 37.3 Å². The van der Waals surface area contributed by atoms with Crippen molar-refractivity contribution in [3.05, 3.63) is 99.8 Å². The normalized spacial score (nSPS) is 18.8. The third kappa shape index (κ3) is 7.77. The van der Waals surface area contributed by atoms with Crippen molar-refractivity contribution in [2.45, 2.75) is 56.7 Å². The van der Waals surface area contributed by atoms with E-state index in [1.807, 2.05) is 4.90 Å². The maximum Gasteiger partial charge on any atom is 0.225 e. The number of halogens is 4. The standard InChI is InChI=1S/C33H35ClF3N3O3/c1-21(41)40-13-11-33(12-14-40)20-38-19-27(43-33)9-10-28-30(37)3-2-4-31(28)39-32(42)18-29(22-5-7-24(34)8-6-22)23-15-25(35)17-26(36)16-23/h2-8,15-17,27,29,38H,9-14,18-20H2,1H3,(H,39,42)/t27-,29+/m1/s1. The zero-order chi connectivity index (χ0) is 30.6. The van der Waals surface area contributed by atoms with Gasteiger partial charge in [-0.15, -0.1) is 0 Å². The third-order valence-corrected chi connectivity index (χ3v) is 8.67. The number of rotatable bonds is 8. The Morgan fingerprint density at radius 1 is 1.05 bits per heavy atom. The summed E-state index contributed by atoms with van der Waals surface area (Å²) in [6.07, 6.45) is 2.06. The second-order valence-electron chi connectivity index (χ2n) is 11.4. The van der Waals surface area contributed by atoms with Crippen molar-refractivity contribution in [2.75, 3.05) is 31.5 Å². The Labute approximate surface area is 254 Å². The van der Waals surface area contributed by atoms with Gasteiger partial charge >= 0.3 is 0 Å². The Bertz CT molecular complexity index is 1440. The predicted molar refractivity (Wildman–Crippen MR) is 160 cm³/mol.